The predicted octanol–water partition coefficient (Wildman–Crippen LogP) is 1.49. The van der Waals surface area contributed by atoms with Gasteiger partial charge in [0, 0.05) is 18.8 Å². The van der Waals surface area contributed by atoms with Crippen LogP contribution in [0.4, 0.5) is 0 Å². The highest BCUT2D eigenvalue weighted by Crippen LogP contribution is 2.05. The van der Waals surface area contributed by atoms with Gasteiger partial charge in [0.05, 0.1) is 12.2 Å². The average molecular weight is 191 g/mol. The lowest BCUT2D eigenvalue weighted by Gasteiger charge is -2.27. The monoisotopic (exact) mass is 191 g/mol. The lowest BCUT2D eigenvalue weighted by Crippen LogP contribution is -2.42. The third-order valence-corrected chi connectivity index (χ3v) is 2.49. The van der Waals surface area contributed by atoms with Gasteiger partial charge in [-0.25, -0.2) is 5.01 Å². The molecule has 0 aliphatic carbocycles. The Morgan fingerprint density at radius 2 is 2.36 bits per heavy atom. The fourth-order valence-corrected chi connectivity index (χ4v) is 1.76. The molecule has 0 spiro atoms. The van der Waals surface area contributed by atoms with Gasteiger partial charge in [0.25, 0.3) is 0 Å². The highest BCUT2D eigenvalue weighted by atomic mass is 15.5. The number of rotatable bonds is 2. The molecule has 1 aliphatic rings. The van der Waals surface area contributed by atoms with Gasteiger partial charge in [-0.05, 0) is 31.9 Å². The van der Waals surface area contributed by atoms with Crippen LogP contribution in [0.2, 0.25) is 0 Å². The van der Waals surface area contributed by atoms with E-state index in [4.69, 9.17) is 0 Å². The molecule has 2 rings (SSSR count). The zero-order valence-corrected chi connectivity index (χ0v) is 8.66. The molecule has 1 N–H and O–H groups in total. The first-order chi connectivity index (χ1) is 6.84. The topological polar surface area (TPSA) is 28.2 Å². The normalized spacial score (nSPS) is 18.4. The standard InChI is InChI=1S/C11H17N3/c1-10-5-4-6-11(13-10)9-14-8-3-2-7-12-14/h4-6,12H,2-3,7-9H2,1H3. The van der Waals surface area contributed by atoms with E-state index in [2.05, 4.69) is 27.6 Å². The SMILES string of the molecule is Cc1cccc(CN2CCCCN2)n1. The van der Waals surface area contributed by atoms with Crippen molar-refractivity contribution < 1.29 is 0 Å². The smallest absolute Gasteiger partial charge is 0.0561 e. The van der Waals surface area contributed by atoms with Crippen LogP contribution in [0.3, 0.4) is 0 Å². The zero-order valence-electron chi connectivity index (χ0n) is 8.66. The number of aromatic nitrogens is 1. The number of nitrogens with one attached hydrogen (secondary N) is 1. The highest BCUT2D eigenvalue weighted by Gasteiger charge is 2.09. The largest absolute Gasteiger partial charge is 0.257 e. The first kappa shape index (κ1) is 9.62. The number of pyridine rings is 1. The maximum atomic E-state index is 4.49. The quantitative estimate of drug-likeness (QED) is 0.767. The molecule has 0 radical (unpaired) electrons. The van der Waals surface area contributed by atoms with Crippen molar-refractivity contribution in [2.24, 2.45) is 0 Å². The van der Waals surface area contributed by atoms with Crippen molar-refractivity contribution in [3.05, 3.63) is 29.6 Å². The number of hydrogen-bond acceptors (Lipinski definition) is 3. The molecule has 0 saturated carbocycles. The molecule has 14 heavy (non-hydrogen) atoms. The van der Waals surface area contributed by atoms with Crippen LogP contribution >= 0.6 is 0 Å². The summed E-state index contributed by atoms with van der Waals surface area (Å²) < 4.78 is 0. The highest BCUT2D eigenvalue weighted by molar-refractivity contribution is 5.09. The molecule has 1 fully saturated rings. The minimum Gasteiger partial charge on any atom is -0.257 e. The molecule has 2 heterocycles. The summed E-state index contributed by atoms with van der Waals surface area (Å²) in [6.07, 6.45) is 2.58. The molecule has 1 aromatic heterocycles. The van der Waals surface area contributed by atoms with Crippen LogP contribution in [0.1, 0.15) is 24.2 Å². The van der Waals surface area contributed by atoms with E-state index in [0.29, 0.717) is 0 Å². The fourth-order valence-electron chi connectivity index (χ4n) is 1.76. The van der Waals surface area contributed by atoms with E-state index in [0.717, 1.165) is 31.0 Å². The predicted molar refractivity (Wildman–Crippen MR) is 56.6 cm³/mol. The molecule has 0 aromatic carbocycles. The summed E-state index contributed by atoms with van der Waals surface area (Å²) in [5.74, 6) is 0. The molecule has 0 bridgehead atoms. The summed E-state index contributed by atoms with van der Waals surface area (Å²) in [7, 11) is 0. The van der Waals surface area contributed by atoms with Gasteiger partial charge in [0.2, 0.25) is 0 Å². The summed E-state index contributed by atoms with van der Waals surface area (Å²) in [5.41, 5.74) is 5.63. The van der Waals surface area contributed by atoms with E-state index < -0.39 is 0 Å². The van der Waals surface area contributed by atoms with Crippen molar-refractivity contribution >= 4 is 0 Å². The van der Waals surface area contributed by atoms with E-state index in [-0.39, 0.29) is 0 Å². The number of nitrogens with zero attached hydrogens (tertiary/aromatic N) is 2. The number of aryl methyl sites for hydroxylation is 1. The molecule has 0 amide bonds. The van der Waals surface area contributed by atoms with Gasteiger partial charge in [0.15, 0.2) is 0 Å². The van der Waals surface area contributed by atoms with Crippen LogP contribution in [-0.2, 0) is 6.54 Å². The lowest BCUT2D eigenvalue weighted by molar-refractivity contribution is 0.142. The third-order valence-electron chi connectivity index (χ3n) is 2.49. The Labute approximate surface area is 85.1 Å². The van der Waals surface area contributed by atoms with Gasteiger partial charge < -0.3 is 0 Å². The van der Waals surface area contributed by atoms with Crippen LogP contribution in [-0.4, -0.2) is 23.1 Å². The Kier molecular flexibility index (Phi) is 3.11. The third kappa shape index (κ3) is 2.53. The fraction of sp³-hybridized carbons (Fsp3) is 0.545. The van der Waals surface area contributed by atoms with Crippen molar-refractivity contribution in [1.82, 2.24) is 15.4 Å². The Bertz CT molecular complexity index is 292. The van der Waals surface area contributed by atoms with E-state index in [1.165, 1.54) is 12.8 Å². The maximum absolute atomic E-state index is 4.49. The van der Waals surface area contributed by atoms with Crippen LogP contribution in [0.25, 0.3) is 0 Å². The Hall–Kier alpha value is -0.930. The molecule has 1 saturated heterocycles. The van der Waals surface area contributed by atoms with Crippen molar-refractivity contribution in [3.8, 4) is 0 Å². The van der Waals surface area contributed by atoms with E-state index in [1.54, 1.807) is 0 Å². The van der Waals surface area contributed by atoms with Gasteiger partial charge in [-0.1, -0.05) is 6.07 Å². The second kappa shape index (κ2) is 4.53. The van der Waals surface area contributed by atoms with E-state index in [9.17, 15) is 0 Å². The second-order valence-corrected chi connectivity index (χ2v) is 3.81. The molecule has 1 aromatic rings. The minimum atomic E-state index is 0.918. The van der Waals surface area contributed by atoms with Crippen molar-refractivity contribution in [2.75, 3.05) is 13.1 Å². The summed E-state index contributed by atoms with van der Waals surface area (Å²) in [4.78, 5) is 4.49. The molecule has 3 heteroatoms. The average Bonchev–Trinajstić information content (AvgIpc) is 2.19. The Morgan fingerprint density at radius 3 is 3.07 bits per heavy atom. The molecule has 3 nitrogen and oxygen atoms in total. The zero-order chi connectivity index (χ0) is 9.80. The lowest BCUT2D eigenvalue weighted by atomic mass is 10.2. The summed E-state index contributed by atoms with van der Waals surface area (Å²) in [6.45, 7) is 5.19. The maximum Gasteiger partial charge on any atom is 0.0561 e. The summed E-state index contributed by atoms with van der Waals surface area (Å²) in [5, 5.41) is 2.26. The van der Waals surface area contributed by atoms with Gasteiger partial charge in [0.1, 0.15) is 0 Å². The first-order valence-corrected chi connectivity index (χ1v) is 5.25. The van der Waals surface area contributed by atoms with Crippen LogP contribution in [0.5, 0.6) is 0 Å². The van der Waals surface area contributed by atoms with Crippen LogP contribution < -0.4 is 5.43 Å². The van der Waals surface area contributed by atoms with Gasteiger partial charge >= 0.3 is 0 Å². The van der Waals surface area contributed by atoms with Gasteiger partial charge in [-0.3, -0.25) is 10.4 Å². The molecule has 1 aliphatic heterocycles. The minimum absolute atomic E-state index is 0.918. The van der Waals surface area contributed by atoms with Crippen molar-refractivity contribution in [2.45, 2.75) is 26.3 Å². The van der Waals surface area contributed by atoms with Crippen LogP contribution in [0.15, 0.2) is 18.2 Å². The van der Waals surface area contributed by atoms with E-state index >= 15 is 0 Å². The summed E-state index contributed by atoms with van der Waals surface area (Å²) >= 11 is 0. The van der Waals surface area contributed by atoms with E-state index in [1.807, 2.05) is 13.0 Å². The summed E-state index contributed by atoms with van der Waals surface area (Å²) in [6, 6.07) is 6.19. The molecular formula is C11H17N3. The first-order valence-electron chi connectivity index (χ1n) is 5.25. The molecule has 0 unspecified atom stereocenters. The molecule has 0 atom stereocenters. The van der Waals surface area contributed by atoms with Crippen LogP contribution in [0, 0.1) is 6.92 Å². The number of hydrogen-bond donors (Lipinski definition) is 1. The van der Waals surface area contributed by atoms with Gasteiger partial charge in [-0.2, -0.15) is 0 Å². The molecular weight excluding hydrogens is 174 g/mol. The second-order valence-electron chi connectivity index (χ2n) is 3.81. The van der Waals surface area contributed by atoms with Crippen molar-refractivity contribution in [3.63, 3.8) is 0 Å². The Balaban J connectivity index is 1.95. The van der Waals surface area contributed by atoms with Crippen molar-refractivity contribution in [1.29, 1.82) is 0 Å². The van der Waals surface area contributed by atoms with Gasteiger partial charge in [-0.15, -0.1) is 0 Å². The number of hydrazine groups is 1. The molecule has 76 valence electrons. The Morgan fingerprint density at radius 1 is 1.43 bits per heavy atom.